The van der Waals surface area contributed by atoms with Gasteiger partial charge in [0.05, 0.1) is 4.47 Å². The Hall–Kier alpha value is -0.680. The first-order chi connectivity index (χ1) is 8.22. The second kappa shape index (κ2) is 4.53. The third-order valence-electron chi connectivity index (χ3n) is 3.92. The lowest BCUT2D eigenvalue weighted by Crippen LogP contribution is -2.44. The van der Waals surface area contributed by atoms with Crippen molar-refractivity contribution in [3.63, 3.8) is 0 Å². The highest BCUT2D eigenvalue weighted by molar-refractivity contribution is 9.10. The van der Waals surface area contributed by atoms with E-state index in [1.54, 1.807) is 12.4 Å². The fourth-order valence-corrected chi connectivity index (χ4v) is 3.17. The van der Waals surface area contributed by atoms with Crippen LogP contribution in [0.3, 0.4) is 0 Å². The quantitative estimate of drug-likeness (QED) is 0.839. The highest BCUT2D eigenvalue weighted by Gasteiger charge is 2.39. The molecule has 0 N–H and O–H groups in total. The molecular formula is C12H16BrN3O. The van der Waals surface area contributed by atoms with Gasteiger partial charge in [0.15, 0.2) is 0 Å². The fraction of sp³-hybridized carbons (Fsp3) is 0.667. The van der Waals surface area contributed by atoms with Gasteiger partial charge in [-0.3, -0.25) is 0 Å². The molecule has 1 aromatic heterocycles. The first kappa shape index (κ1) is 11.4. The third-order valence-corrected chi connectivity index (χ3v) is 4.33. The molecule has 0 radical (unpaired) electrons. The maximum Gasteiger partial charge on any atom is 0.316 e. The molecule has 0 saturated carbocycles. The van der Waals surface area contributed by atoms with Crippen LogP contribution in [-0.2, 0) is 0 Å². The molecule has 0 aliphatic carbocycles. The van der Waals surface area contributed by atoms with Crippen molar-refractivity contribution in [2.24, 2.45) is 0 Å². The molecule has 2 bridgehead atoms. The van der Waals surface area contributed by atoms with Crippen LogP contribution < -0.4 is 4.74 Å². The van der Waals surface area contributed by atoms with Crippen molar-refractivity contribution in [1.82, 2.24) is 14.9 Å². The summed E-state index contributed by atoms with van der Waals surface area (Å²) in [6.45, 7) is 0. The normalized spacial score (nSPS) is 32.7. The van der Waals surface area contributed by atoms with E-state index in [9.17, 15) is 0 Å². The van der Waals surface area contributed by atoms with Crippen LogP contribution in [0.2, 0.25) is 0 Å². The van der Waals surface area contributed by atoms with Gasteiger partial charge < -0.3 is 9.64 Å². The average Bonchev–Trinajstić information content (AvgIpc) is 2.55. The summed E-state index contributed by atoms with van der Waals surface area (Å²) >= 11 is 3.32. The van der Waals surface area contributed by atoms with Gasteiger partial charge >= 0.3 is 6.01 Å². The Labute approximate surface area is 110 Å². The molecule has 2 saturated heterocycles. The molecule has 92 valence electrons. The van der Waals surface area contributed by atoms with Gasteiger partial charge in [0.1, 0.15) is 6.10 Å². The molecule has 4 nitrogen and oxygen atoms in total. The molecule has 0 spiro atoms. The fourth-order valence-electron chi connectivity index (χ4n) is 2.97. The maximum atomic E-state index is 5.87. The van der Waals surface area contributed by atoms with Crippen molar-refractivity contribution in [3.8, 4) is 6.01 Å². The standard InChI is InChI=1S/C12H16BrN3O/c1-16-9-2-3-10(16)5-11(4-9)17-12-14-6-8(13)7-15-12/h6-7,9-11H,2-5H2,1H3. The van der Waals surface area contributed by atoms with E-state index in [4.69, 9.17) is 4.74 Å². The first-order valence-corrected chi connectivity index (χ1v) is 6.88. The number of hydrogen-bond acceptors (Lipinski definition) is 4. The van der Waals surface area contributed by atoms with Crippen molar-refractivity contribution in [2.45, 2.75) is 43.9 Å². The second-order valence-corrected chi connectivity index (χ2v) is 5.86. The van der Waals surface area contributed by atoms with E-state index in [2.05, 4.69) is 37.8 Å². The van der Waals surface area contributed by atoms with E-state index >= 15 is 0 Å². The van der Waals surface area contributed by atoms with Gasteiger partial charge in [-0.2, -0.15) is 0 Å². The zero-order chi connectivity index (χ0) is 11.8. The van der Waals surface area contributed by atoms with E-state index < -0.39 is 0 Å². The molecule has 2 aliphatic rings. The minimum absolute atomic E-state index is 0.282. The largest absolute Gasteiger partial charge is 0.460 e. The molecule has 3 heterocycles. The number of halogens is 1. The summed E-state index contributed by atoms with van der Waals surface area (Å²) in [5.74, 6) is 0. The number of fused-ring (bicyclic) bond motifs is 2. The van der Waals surface area contributed by atoms with Crippen LogP contribution in [0.4, 0.5) is 0 Å². The Morgan fingerprint density at radius 1 is 1.24 bits per heavy atom. The molecule has 5 heteroatoms. The van der Waals surface area contributed by atoms with Crippen molar-refractivity contribution in [3.05, 3.63) is 16.9 Å². The molecule has 2 unspecified atom stereocenters. The highest BCUT2D eigenvalue weighted by Crippen LogP contribution is 2.35. The summed E-state index contributed by atoms with van der Waals surface area (Å²) in [4.78, 5) is 10.8. The Bertz CT molecular complexity index is 383. The molecule has 2 fully saturated rings. The van der Waals surface area contributed by atoms with E-state index in [-0.39, 0.29) is 6.10 Å². The summed E-state index contributed by atoms with van der Waals surface area (Å²) in [5, 5.41) is 0. The lowest BCUT2D eigenvalue weighted by molar-refractivity contribution is 0.0600. The lowest BCUT2D eigenvalue weighted by atomic mass is 10.0. The van der Waals surface area contributed by atoms with Crippen LogP contribution in [0.1, 0.15) is 25.7 Å². The smallest absolute Gasteiger partial charge is 0.316 e. The molecule has 2 aliphatic heterocycles. The number of nitrogens with zero attached hydrogens (tertiary/aromatic N) is 3. The maximum absolute atomic E-state index is 5.87. The molecule has 17 heavy (non-hydrogen) atoms. The van der Waals surface area contributed by atoms with E-state index in [0.717, 1.165) is 17.3 Å². The van der Waals surface area contributed by atoms with E-state index in [1.807, 2.05) is 0 Å². The van der Waals surface area contributed by atoms with Gasteiger partial charge in [-0.25, -0.2) is 9.97 Å². The summed E-state index contributed by atoms with van der Waals surface area (Å²) in [6, 6.07) is 1.88. The Kier molecular flexibility index (Phi) is 3.04. The van der Waals surface area contributed by atoms with Crippen molar-refractivity contribution < 1.29 is 4.74 Å². The summed E-state index contributed by atoms with van der Waals surface area (Å²) in [5.41, 5.74) is 0. The van der Waals surface area contributed by atoms with Crippen LogP contribution in [-0.4, -0.2) is 40.1 Å². The van der Waals surface area contributed by atoms with Gasteiger partial charge in [0, 0.05) is 37.3 Å². The first-order valence-electron chi connectivity index (χ1n) is 6.08. The molecule has 0 aromatic carbocycles. The molecule has 2 atom stereocenters. The van der Waals surface area contributed by atoms with Crippen molar-refractivity contribution >= 4 is 15.9 Å². The minimum Gasteiger partial charge on any atom is -0.460 e. The predicted molar refractivity (Wildman–Crippen MR) is 68.0 cm³/mol. The number of piperidine rings is 1. The zero-order valence-electron chi connectivity index (χ0n) is 9.84. The summed E-state index contributed by atoms with van der Waals surface area (Å²) in [6.07, 6.45) is 8.56. The summed E-state index contributed by atoms with van der Waals surface area (Å²) in [7, 11) is 2.23. The number of ether oxygens (including phenoxy) is 1. The van der Waals surface area contributed by atoms with E-state index in [0.29, 0.717) is 18.1 Å². The summed E-state index contributed by atoms with van der Waals surface area (Å²) < 4.78 is 6.75. The van der Waals surface area contributed by atoms with Crippen LogP contribution in [0.5, 0.6) is 6.01 Å². The van der Waals surface area contributed by atoms with Gasteiger partial charge in [-0.1, -0.05) is 0 Å². The van der Waals surface area contributed by atoms with Crippen LogP contribution in [0, 0.1) is 0 Å². The average molecular weight is 298 g/mol. The van der Waals surface area contributed by atoms with Crippen LogP contribution >= 0.6 is 15.9 Å². The molecule has 3 rings (SSSR count). The van der Waals surface area contributed by atoms with Gasteiger partial charge in [0.2, 0.25) is 0 Å². The molecule has 0 amide bonds. The van der Waals surface area contributed by atoms with Crippen molar-refractivity contribution in [2.75, 3.05) is 7.05 Å². The Morgan fingerprint density at radius 3 is 2.41 bits per heavy atom. The zero-order valence-corrected chi connectivity index (χ0v) is 11.4. The third kappa shape index (κ3) is 2.31. The molecule has 1 aromatic rings. The van der Waals surface area contributed by atoms with Gasteiger partial charge in [-0.05, 0) is 35.8 Å². The predicted octanol–water partition coefficient (Wildman–Crippen LogP) is 2.24. The monoisotopic (exact) mass is 297 g/mol. The number of aromatic nitrogens is 2. The van der Waals surface area contributed by atoms with E-state index in [1.165, 1.54) is 12.8 Å². The topological polar surface area (TPSA) is 38.2 Å². The van der Waals surface area contributed by atoms with Crippen LogP contribution in [0.25, 0.3) is 0 Å². The Morgan fingerprint density at radius 2 is 1.82 bits per heavy atom. The van der Waals surface area contributed by atoms with Crippen LogP contribution in [0.15, 0.2) is 16.9 Å². The number of rotatable bonds is 2. The Balaban J connectivity index is 1.65. The number of hydrogen-bond donors (Lipinski definition) is 0. The van der Waals surface area contributed by atoms with Crippen molar-refractivity contribution in [1.29, 1.82) is 0 Å². The van der Waals surface area contributed by atoms with Gasteiger partial charge in [0.25, 0.3) is 0 Å². The van der Waals surface area contributed by atoms with Gasteiger partial charge in [-0.15, -0.1) is 0 Å². The minimum atomic E-state index is 0.282. The lowest BCUT2D eigenvalue weighted by Gasteiger charge is -2.35. The SMILES string of the molecule is CN1C2CCC1CC(Oc1ncc(Br)cn1)C2. The molecular weight excluding hydrogens is 282 g/mol. The highest BCUT2D eigenvalue weighted by atomic mass is 79.9. The second-order valence-electron chi connectivity index (χ2n) is 4.95.